The smallest absolute Gasteiger partial charge is 0.226 e. The van der Waals surface area contributed by atoms with Crippen molar-refractivity contribution < 1.29 is 9.90 Å². The van der Waals surface area contributed by atoms with Gasteiger partial charge >= 0.3 is 0 Å². The summed E-state index contributed by atoms with van der Waals surface area (Å²) in [6.45, 7) is 2.44. The van der Waals surface area contributed by atoms with Crippen LogP contribution < -0.4 is 5.32 Å². The van der Waals surface area contributed by atoms with E-state index >= 15 is 0 Å². The minimum atomic E-state index is -0.159. The highest BCUT2D eigenvalue weighted by molar-refractivity contribution is 6.32. The molecule has 0 aliphatic heterocycles. The molecule has 4 nitrogen and oxygen atoms in total. The Morgan fingerprint density at radius 3 is 2.89 bits per heavy atom. The van der Waals surface area contributed by atoms with Crippen molar-refractivity contribution >= 4 is 28.4 Å². The van der Waals surface area contributed by atoms with Crippen molar-refractivity contribution in [3.8, 4) is 5.75 Å². The number of phenols is 1. The van der Waals surface area contributed by atoms with Crippen LogP contribution in [-0.4, -0.2) is 16.0 Å². The van der Waals surface area contributed by atoms with Crippen molar-refractivity contribution in [2.24, 2.45) is 5.41 Å². The van der Waals surface area contributed by atoms with Crippen LogP contribution >= 0.6 is 11.6 Å². The van der Waals surface area contributed by atoms with Gasteiger partial charge in [-0.15, -0.1) is 0 Å². The minimum absolute atomic E-state index is 0.0529. The Balaban J connectivity index is 1.76. The zero-order valence-electron chi connectivity index (χ0n) is 10.6. The lowest BCUT2D eigenvalue weighted by atomic mass is 10.1. The molecule has 1 aromatic carbocycles. The van der Waals surface area contributed by atoms with Crippen molar-refractivity contribution in [2.75, 3.05) is 0 Å². The van der Waals surface area contributed by atoms with Crippen molar-refractivity contribution in [3.05, 3.63) is 28.9 Å². The summed E-state index contributed by atoms with van der Waals surface area (Å²) in [4.78, 5) is 15.0. The first-order chi connectivity index (χ1) is 8.98. The molecule has 3 N–H and O–H groups in total. The van der Waals surface area contributed by atoms with Gasteiger partial charge in [0, 0.05) is 28.1 Å². The van der Waals surface area contributed by atoms with Gasteiger partial charge in [0.2, 0.25) is 5.91 Å². The number of aromatic amines is 1. The van der Waals surface area contributed by atoms with Crippen LogP contribution in [0.25, 0.3) is 10.9 Å². The Labute approximate surface area is 115 Å². The van der Waals surface area contributed by atoms with Crippen LogP contribution in [0.4, 0.5) is 0 Å². The SMILES string of the molecule is CC1(C(=O)NCc2cc3cc(Cl)c(O)cc3[nH]2)CC1. The van der Waals surface area contributed by atoms with E-state index in [9.17, 15) is 9.90 Å². The van der Waals surface area contributed by atoms with Crippen molar-refractivity contribution in [1.82, 2.24) is 10.3 Å². The monoisotopic (exact) mass is 278 g/mol. The van der Waals surface area contributed by atoms with Crippen LogP contribution in [0.2, 0.25) is 5.02 Å². The summed E-state index contributed by atoms with van der Waals surface area (Å²) in [6.07, 6.45) is 1.93. The second-order valence-corrected chi connectivity index (χ2v) is 5.84. The predicted molar refractivity (Wildman–Crippen MR) is 74.2 cm³/mol. The second-order valence-electron chi connectivity index (χ2n) is 5.43. The predicted octanol–water partition coefficient (Wildman–Crippen LogP) is 2.94. The van der Waals surface area contributed by atoms with Gasteiger partial charge in [-0.2, -0.15) is 0 Å². The number of rotatable bonds is 3. The van der Waals surface area contributed by atoms with E-state index in [1.165, 1.54) is 0 Å². The van der Waals surface area contributed by atoms with E-state index in [1.54, 1.807) is 12.1 Å². The lowest BCUT2D eigenvalue weighted by molar-refractivity contribution is -0.125. The van der Waals surface area contributed by atoms with Gasteiger partial charge in [0.1, 0.15) is 5.75 Å². The van der Waals surface area contributed by atoms with E-state index in [1.807, 2.05) is 13.0 Å². The maximum absolute atomic E-state index is 11.8. The summed E-state index contributed by atoms with van der Waals surface area (Å²) in [7, 11) is 0. The van der Waals surface area contributed by atoms with E-state index < -0.39 is 0 Å². The Kier molecular flexibility index (Phi) is 2.71. The molecule has 1 heterocycles. The van der Waals surface area contributed by atoms with E-state index in [2.05, 4.69) is 10.3 Å². The van der Waals surface area contributed by atoms with Gasteiger partial charge in [-0.05, 0) is 25.0 Å². The minimum Gasteiger partial charge on any atom is -0.506 e. The van der Waals surface area contributed by atoms with Crippen molar-refractivity contribution in [2.45, 2.75) is 26.3 Å². The van der Waals surface area contributed by atoms with Crippen LogP contribution in [0.5, 0.6) is 5.75 Å². The van der Waals surface area contributed by atoms with E-state index in [4.69, 9.17) is 11.6 Å². The molecule has 1 fully saturated rings. The molecule has 0 spiro atoms. The van der Waals surface area contributed by atoms with Gasteiger partial charge in [-0.3, -0.25) is 4.79 Å². The number of aromatic nitrogens is 1. The van der Waals surface area contributed by atoms with Gasteiger partial charge in [0.25, 0.3) is 0 Å². The van der Waals surface area contributed by atoms with Crippen LogP contribution in [0.3, 0.4) is 0 Å². The Morgan fingerprint density at radius 1 is 1.47 bits per heavy atom. The quantitative estimate of drug-likeness (QED) is 0.808. The number of benzene rings is 1. The molecule has 1 aliphatic rings. The highest BCUT2D eigenvalue weighted by atomic mass is 35.5. The number of phenolic OH excluding ortho intramolecular Hbond substituents is 1. The number of hydrogen-bond donors (Lipinski definition) is 3. The summed E-state index contributed by atoms with van der Waals surface area (Å²) in [5.74, 6) is 0.157. The number of hydrogen-bond acceptors (Lipinski definition) is 2. The van der Waals surface area contributed by atoms with Gasteiger partial charge in [0.15, 0.2) is 0 Å². The average molecular weight is 279 g/mol. The zero-order valence-corrected chi connectivity index (χ0v) is 11.3. The highest BCUT2D eigenvalue weighted by Crippen LogP contribution is 2.45. The zero-order chi connectivity index (χ0) is 13.6. The van der Waals surface area contributed by atoms with Crippen molar-refractivity contribution in [1.29, 1.82) is 0 Å². The molecule has 5 heteroatoms. The summed E-state index contributed by atoms with van der Waals surface area (Å²) >= 11 is 5.86. The Bertz CT molecular complexity index is 620. The average Bonchev–Trinajstić information content (AvgIpc) is 2.99. The third kappa shape index (κ3) is 2.28. The molecule has 0 bridgehead atoms. The first kappa shape index (κ1) is 12.4. The topological polar surface area (TPSA) is 65.1 Å². The lowest BCUT2D eigenvalue weighted by Gasteiger charge is -2.08. The van der Waals surface area contributed by atoms with Crippen LogP contribution in [0.1, 0.15) is 25.5 Å². The Hall–Kier alpha value is -1.68. The largest absolute Gasteiger partial charge is 0.506 e. The number of amides is 1. The molecule has 1 aromatic heterocycles. The van der Waals surface area contributed by atoms with Gasteiger partial charge in [-0.1, -0.05) is 18.5 Å². The number of H-pyrrole nitrogens is 1. The molecule has 0 saturated heterocycles. The fraction of sp³-hybridized carbons (Fsp3) is 0.357. The number of nitrogens with one attached hydrogen (secondary N) is 2. The highest BCUT2D eigenvalue weighted by Gasteiger charge is 2.44. The molecule has 1 aliphatic carbocycles. The lowest BCUT2D eigenvalue weighted by Crippen LogP contribution is -2.29. The first-order valence-electron chi connectivity index (χ1n) is 6.26. The number of carbonyl (C=O) groups is 1. The number of halogens is 1. The summed E-state index contributed by atoms with van der Waals surface area (Å²) in [5.41, 5.74) is 1.55. The number of aromatic hydroxyl groups is 1. The van der Waals surface area contributed by atoms with Gasteiger partial charge in [-0.25, -0.2) is 0 Å². The number of fused-ring (bicyclic) bond motifs is 1. The molecular formula is C14H15ClN2O2. The summed E-state index contributed by atoms with van der Waals surface area (Å²) in [5, 5.41) is 13.7. The first-order valence-corrected chi connectivity index (χ1v) is 6.64. The molecule has 19 heavy (non-hydrogen) atoms. The molecule has 0 unspecified atom stereocenters. The summed E-state index contributed by atoms with van der Waals surface area (Å²) in [6, 6.07) is 5.22. The molecule has 2 aromatic rings. The molecular weight excluding hydrogens is 264 g/mol. The molecule has 3 rings (SSSR count). The normalized spacial score (nSPS) is 16.5. The molecule has 0 radical (unpaired) electrons. The fourth-order valence-electron chi connectivity index (χ4n) is 2.10. The van der Waals surface area contributed by atoms with E-state index in [-0.39, 0.29) is 17.1 Å². The van der Waals surface area contributed by atoms with Crippen molar-refractivity contribution in [3.63, 3.8) is 0 Å². The third-order valence-electron chi connectivity index (χ3n) is 3.73. The van der Waals surface area contributed by atoms with Crippen LogP contribution in [-0.2, 0) is 11.3 Å². The molecule has 1 saturated carbocycles. The fourth-order valence-corrected chi connectivity index (χ4v) is 2.27. The standard InChI is InChI=1S/C14H15ClN2O2/c1-14(2-3-14)13(19)16-7-9-4-8-5-10(15)12(18)6-11(8)17-9/h4-6,17-18H,2-3,7H2,1H3,(H,16,19). The molecule has 0 atom stereocenters. The Morgan fingerprint density at radius 2 is 2.21 bits per heavy atom. The van der Waals surface area contributed by atoms with E-state index in [0.717, 1.165) is 29.4 Å². The second kappa shape index (κ2) is 4.17. The molecule has 1 amide bonds. The molecule has 100 valence electrons. The maximum Gasteiger partial charge on any atom is 0.226 e. The maximum atomic E-state index is 11.8. The van der Waals surface area contributed by atoms with Crippen LogP contribution in [0.15, 0.2) is 18.2 Å². The van der Waals surface area contributed by atoms with E-state index in [0.29, 0.717) is 11.6 Å². The van der Waals surface area contributed by atoms with Gasteiger partial charge < -0.3 is 15.4 Å². The van der Waals surface area contributed by atoms with Crippen LogP contribution in [0, 0.1) is 5.41 Å². The van der Waals surface area contributed by atoms with Gasteiger partial charge in [0.05, 0.1) is 11.6 Å². The summed E-state index contributed by atoms with van der Waals surface area (Å²) < 4.78 is 0. The number of carbonyl (C=O) groups excluding carboxylic acids is 1. The third-order valence-corrected chi connectivity index (χ3v) is 4.03.